The van der Waals surface area contributed by atoms with E-state index in [4.69, 9.17) is 66.3 Å². The Bertz CT molecular complexity index is 3900. The van der Waals surface area contributed by atoms with Crippen molar-refractivity contribution in [2.45, 2.75) is 197 Å². The quantitative estimate of drug-likeness (QED) is 0.0244. The molecule has 18 nitrogen and oxygen atoms in total. The summed E-state index contributed by atoms with van der Waals surface area (Å²) in [7, 11) is 0. The van der Waals surface area contributed by atoms with Gasteiger partial charge >= 0.3 is 0 Å². The molecule has 1 spiro atoms. The number of ether oxygens (including phenoxy) is 14. The maximum absolute atomic E-state index is 11.6. The van der Waals surface area contributed by atoms with Crippen LogP contribution in [0.2, 0.25) is 0 Å². The molecule has 3 aliphatic carbocycles. The monoisotopic (exact) mass is 1380 g/mol. The lowest BCUT2D eigenvalue weighted by Crippen LogP contribution is -2.68. The molecule has 8 aromatic carbocycles. The zero-order chi connectivity index (χ0) is 69.7. The summed E-state index contributed by atoms with van der Waals surface area (Å²) < 4.78 is 103. The van der Waals surface area contributed by atoms with Gasteiger partial charge in [-0.15, -0.1) is 0 Å². The third-order valence-electron chi connectivity index (χ3n) is 21.9. The minimum absolute atomic E-state index is 0.0336. The van der Waals surface area contributed by atoms with E-state index in [1.807, 2.05) is 243 Å². The number of azide groups is 1. The molecule has 19 atom stereocenters. The first-order valence-electron chi connectivity index (χ1n) is 35.9. The molecule has 0 amide bonds. The summed E-state index contributed by atoms with van der Waals surface area (Å²) in [6, 6.07) is 77.9. The second-order valence-corrected chi connectivity index (χ2v) is 28.4. The molecule has 14 rings (SSSR count). The van der Waals surface area contributed by atoms with Crippen LogP contribution in [0.25, 0.3) is 10.4 Å². The van der Waals surface area contributed by atoms with Crippen LogP contribution in [-0.2, 0) is 119 Å². The van der Waals surface area contributed by atoms with Crippen LogP contribution in [0.5, 0.6) is 0 Å². The summed E-state index contributed by atoms with van der Waals surface area (Å²) in [5.74, 6) is -0.773. The molecule has 3 saturated carbocycles. The molecule has 0 unspecified atom stereocenters. The van der Waals surface area contributed by atoms with Crippen molar-refractivity contribution in [2.24, 2.45) is 21.9 Å². The maximum Gasteiger partial charge on any atom is 0.187 e. The molecule has 8 aromatic rings. The summed E-state index contributed by atoms with van der Waals surface area (Å²) in [6.45, 7) is 7.64. The number of hydrogen-bond acceptors (Lipinski definition) is 16. The van der Waals surface area contributed by atoms with Crippen molar-refractivity contribution >= 4 is 0 Å². The first-order chi connectivity index (χ1) is 50.1. The Morgan fingerprint density at radius 3 is 1.14 bits per heavy atom. The largest absolute Gasteiger partial charge is 0.394 e. The summed E-state index contributed by atoms with van der Waals surface area (Å²) in [5.41, 5.74) is 17.8. The van der Waals surface area contributed by atoms with E-state index in [0.29, 0.717) is 12.3 Å². The highest BCUT2D eigenvalue weighted by Gasteiger charge is 2.76. The third-order valence-corrected chi connectivity index (χ3v) is 21.9. The predicted octanol–water partition coefficient (Wildman–Crippen LogP) is 14.5. The summed E-state index contributed by atoms with van der Waals surface area (Å²) in [4.78, 5) is 3.59. The minimum Gasteiger partial charge on any atom is -0.394 e. The van der Waals surface area contributed by atoms with E-state index in [-0.39, 0.29) is 64.9 Å². The van der Waals surface area contributed by atoms with Crippen LogP contribution in [0.4, 0.5) is 0 Å². The van der Waals surface area contributed by atoms with Crippen molar-refractivity contribution in [1.29, 1.82) is 0 Å². The van der Waals surface area contributed by atoms with E-state index < -0.39 is 116 Å². The summed E-state index contributed by atoms with van der Waals surface area (Å²) in [5, 5.41) is 16.3. The molecule has 102 heavy (non-hydrogen) atoms. The number of fused-ring (bicyclic) bond motifs is 4. The first kappa shape index (κ1) is 71.5. The maximum atomic E-state index is 11.6. The van der Waals surface area contributed by atoms with Crippen molar-refractivity contribution in [3.05, 3.63) is 298 Å². The van der Waals surface area contributed by atoms with E-state index >= 15 is 0 Å². The van der Waals surface area contributed by atoms with Crippen molar-refractivity contribution < 1.29 is 71.4 Å². The zero-order valence-electron chi connectivity index (χ0n) is 58.1. The number of hydrogen-bond donors (Lipinski definition) is 1. The molecule has 3 heterocycles. The Kier molecular flexibility index (Phi) is 23.5. The molecule has 6 aliphatic rings. The van der Waals surface area contributed by atoms with Crippen molar-refractivity contribution in [3.63, 3.8) is 0 Å². The van der Waals surface area contributed by atoms with Gasteiger partial charge in [0.15, 0.2) is 18.4 Å². The molecular weight excluding hydrogens is 1290 g/mol. The SMILES string of the molecule is CC1(C)[C@H]2CC[C@]1(C)[C@]1(C2)O[C@@H]2[C@H](OCc3ccccc3)[C@@H](OCc3ccccc3)[C@H](OCc3ccccc3)[C@@H](O[C@H]3O[C@H](COCc4ccccc4)[C@@H](O[C@H]4O[C@H](CO)[C@@H](OCc5ccccc5)[C@H](OCc5ccccc5)[C@@H]4OCc4ccccc4)[C@H](OCc4ccccc4)[C@H]3N=[N+]=[N-])[C@@H]2O1. The Labute approximate surface area is 597 Å². The molecule has 18 heteroatoms. The molecular formula is C84H93N3O15. The first-order valence-corrected chi connectivity index (χ1v) is 35.9. The lowest BCUT2D eigenvalue weighted by molar-refractivity contribution is -0.371. The molecule has 3 aliphatic heterocycles. The highest BCUT2D eigenvalue weighted by Crippen LogP contribution is 2.73. The van der Waals surface area contributed by atoms with Crippen LogP contribution < -0.4 is 0 Å². The highest BCUT2D eigenvalue weighted by molar-refractivity contribution is 5.24. The molecule has 1 N–H and O–H groups in total. The molecule has 534 valence electrons. The van der Waals surface area contributed by atoms with Crippen LogP contribution in [0.1, 0.15) is 84.5 Å². The summed E-state index contributed by atoms with van der Waals surface area (Å²) >= 11 is 0. The van der Waals surface area contributed by atoms with Crippen LogP contribution in [0.3, 0.4) is 0 Å². The van der Waals surface area contributed by atoms with Crippen molar-refractivity contribution in [1.82, 2.24) is 0 Å². The Morgan fingerprint density at radius 2 is 0.745 bits per heavy atom. The summed E-state index contributed by atoms with van der Waals surface area (Å²) in [6.07, 6.45) is -12.9. The minimum atomic E-state index is -1.43. The Balaban J connectivity index is 0.884. The number of nitrogens with zero attached hydrogens (tertiary/aromatic N) is 3. The van der Waals surface area contributed by atoms with Crippen molar-refractivity contribution in [2.75, 3.05) is 13.2 Å². The van der Waals surface area contributed by atoms with Gasteiger partial charge in [-0.1, -0.05) is 269 Å². The topological polar surface area (TPSA) is 198 Å². The molecule has 0 aromatic heterocycles. The van der Waals surface area contributed by atoms with Crippen LogP contribution in [0, 0.1) is 16.7 Å². The zero-order valence-corrected chi connectivity index (χ0v) is 58.1. The lowest BCUT2D eigenvalue weighted by atomic mass is 9.68. The fourth-order valence-electron chi connectivity index (χ4n) is 16.0. The van der Waals surface area contributed by atoms with Crippen LogP contribution in [-0.4, -0.2) is 122 Å². The van der Waals surface area contributed by atoms with E-state index in [1.165, 1.54) is 0 Å². The van der Waals surface area contributed by atoms with Crippen LogP contribution in [0.15, 0.2) is 248 Å². The van der Waals surface area contributed by atoms with Crippen molar-refractivity contribution in [3.8, 4) is 0 Å². The normalized spacial score (nSPS) is 31.5. The molecule has 2 bridgehead atoms. The second kappa shape index (κ2) is 33.5. The average molecular weight is 1380 g/mol. The number of rotatable bonds is 31. The Hall–Kier alpha value is -7.53. The van der Waals surface area contributed by atoms with E-state index in [0.717, 1.165) is 57.3 Å². The third kappa shape index (κ3) is 16.1. The molecule has 0 radical (unpaired) electrons. The number of aliphatic hydroxyl groups excluding tert-OH is 1. The standard InChI is InChI=1S/C84H93N3O15/c1-82(2)65-44-45-83(82,3)84(46-65)101-77-75(95-54-63-40-24-10-25-41-63)73(93-52-61-36-20-8-21-37-61)74(94-53-62-38-22-9-23-39-62)76(78(77)102-84)100-80-68(86-87-85)71(91-50-59-32-16-6-17-33-59)70(67(98-80)56-89-48-57-28-12-4-13-29-57)99-81-79(96-55-64-42-26-11-27-43-64)72(92-51-60-34-18-7-19-35-60)69(66(47-88)97-81)90-49-58-30-14-5-15-31-58/h4-43,65-81,88H,44-56H2,1-3H3/t65-,66+,67+,68+,69+,70+,71+,72-,73-,74-,75+,76+,77+,78-,79-,80+,81+,83-,84+/m0/s1. The van der Waals surface area contributed by atoms with Gasteiger partial charge in [0.05, 0.1) is 66.1 Å². The number of aliphatic hydroxyl groups is 1. The lowest BCUT2D eigenvalue weighted by Gasteiger charge is -2.51. The molecule has 3 saturated heterocycles. The molecule has 6 fully saturated rings. The van der Waals surface area contributed by atoms with E-state index in [1.54, 1.807) is 0 Å². The van der Waals surface area contributed by atoms with Gasteiger partial charge in [-0.3, -0.25) is 0 Å². The fourth-order valence-corrected chi connectivity index (χ4v) is 16.0. The highest BCUT2D eigenvalue weighted by atomic mass is 16.8. The van der Waals surface area contributed by atoms with Gasteiger partial charge < -0.3 is 71.4 Å². The fraction of sp³-hybridized carbons (Fsp3) is 0.429. The van der Waals surface area contributed by atoms with Gasteiger partial charge in [0.1, 0.15) is 85.4 Å². The smallest absolute Gasteiger partial charge is 0.187 e. The van der Waals surface area contributed by atoms with Crippen LogP contribution >= 0.6 is 0 Å². The van der Waals surface area contributed by atoms with E-state index in [9.17, 15) is 10.6 Å². The second-order valence-electron chi connectivity index (χ2n) is 28.4. The Morgan fingerprint density at radius 1 is 0.402 bits per heavy atom. The van der Waals surface area contributed by atoms with E-state index in [2.05, 4.69) is 30.8 Å². The predicted molar refractivity (Wildman–Crippen MR) is 380 cm³/mol. The average Bonchev–Trinajstić information content (AvgIpc) is 1.51. The van der Waals surface area contributed by atoms with Gasteiger partial charge in [-0.05, 0) is 74.2 Å². The van der Waals surface area contributed by atoms with Gasteiger partial charge in [0.2, 0.25) is 0 Å². The van der Waals surface area contributed by atoms with Gasteiger partial charge in [-0.2, -0.15) is 0 Å². The van der Waals surface area contributed by atoms with Gasteiger partial charge in [0, 0.05) is 16.7 Å². The van der Waals surface area contributed by atoms with Gasteiger partial charge in [-0.25, -0.2) is 0 Å². The van der Waals surface area contributed by atoms with Gasteiger partial charge in [0.25, 0.3) is 0 Å². The number of benzene rings is 8.